The zero-order valence-electron chi connectivity index (χ0n) is 11.7. The zero-order valence-corrected chi connectivity index (χ0v) is 11.7. The molecule has 0 fully saturated rings. The van der Waals surface area contributed by atoms with Crippen molar-refractivity contribution < 1.29 is 9.47 Å². The van der Waals surface area contributed by atoms with Crippen molar-refractivity contribution in [3.05, 3.63) is 42.2 Å². The van der Waals surface area contributed by atoms with Crippen LogP contribution >= 0.6 is 0 Å². The van der Waals surface area contributed by atoms with Crippen LogP contribution in [0.5, 0.6) is 5.75 Å². The van der Waals surface area contributed by atoms with Crippen molar-refractivity contribution in [1.82, 2.24) is 5.32 Å². The number of nitrogens with one attached hydrogen (secondary N) is 1. The first kappa shape index (κ1) is 13.9. The van der Waals surface area contributed by atoms with Crippen LogP contribution in [0.3, 0.4) is 0 Å². The van der Waals surface area contributed by atoms with E-state index in [0.29, 0.717) is 6.04 Å². The third kappa shape index (κ3) is 3.74. The molecule has 1 aromatic rings. The summed E-state index contributed by atoms with van der Waals surface area (Å²) in [6.45, 7) is 5.25. The Kier molecular flexibility index (Phi) is 5.28. The minimum absolute atomic E-state index is 0.471. The number of benzene rings is 1. The predicted octanol–water partition coefficient (Wildman–Crippen LogP) is 3.21. The second-order valence-corrected chi connectivity index (χ2v) is 4.85. The molecule has 0 aromatic heterocycles. The van der Waals surface area contributed by atoms with E-state index in [1.54, 1.807) is 7.11 Å². The topological polar surface area (TPSA) is 30.5 Å². The Morgan fingerprint density at radius 2 is 2.37 bits per heavy atom. The van der Waals surface area contributed by atoms with E-state index in [1.807, 2.05) is 0 Å². The summed E-state index contributed by atoms with van der Waals surface area (Å²) in [5.74, 6) is 0.957. The van der Waals surface area contributed by atoms with Crippen molar-refractivity contribution in [3.8, 4) is 5.75 Å². The Labute approximate surface area is 115 Å². The summed E-state index contributed by atoms with van der Waals surface area (Å²) in [7, 11) is 1.72. The van der Waals surface area contributed by atoms with Crippen molar-refractivity contribution in [3.63, 3.8) is 0 Å². The van der Waals surface area contributed by atoms with Gasteiger partial charge >= 0.3 is 0 Å². The highest BCUT2D eigenvalue weighted by Gasteiger charge is 2.19. The molecule has 1 aliphatic rings. The first-order chi connectivity index (χ1) is 9.35. The van der Waals surface area contributed by atoms with Crippen LogP contribution in [0, 0.1) is 0 Å². The number of ether oxygens (including phenoxy) is 2. The Hall–Kier alpha value is -1.48. The molecule has 0 saturated heterocycles. The van der Waals surface area contributed by atoms with Gasteiger partial charge in [0.1, 0.15) is 5.75 Å². The minimum atomic E-state index is 0.471. The maximum Gasteiger partial charge on any atom is 0.119 e. The van der Waals surface area contributed by atoms with E-state index in [4.69, 9.17) is 9.47 Å². The van der Waals surface area contributed by atoms with Crippen molar-refractivity contribution in [1.29, 1.82) is 0 Å². The molecule has 0 spiro atoms. The average molecular weight is 261 g/mol. The van der Waals surface area contributed by atoms with E-state index in [0.717, 1.165) is 31.7 Å². The second kappa shape index (κ2) is 7.19. The first-order valence-electron chi connectivity index (χ1n) is 6.98. The third-order valence-corrected chi connectivity index (χ3v) is 3.61. The van der Waals surface area contributed by atoms with Crippen LogP contribution in [0.25, 0.3) is 0 Å². The molecule has 0 radical (unpaired) electrons. The fourth-order valence-electron chi connectivity index (χ4n) is 2.64. The van der Waals surface area contributed by atoms with Crippen LogP contribution in [0.4, 0.5) is 0 Å². The molecule has 19 heavy (non-hydrogen) atoms. The van der Waals surface area contributed by atoms with Gasteiger partial charge in [-0.05, 0) is 55.5 Å². The first-order valence-corrected chi connectivity index (χ1v) is 6.98. The molecule has 3 nitrogen and oxygen atoms in total. The molecule has 0 aliphatic heterocycles. The Bertz CT molecular complexity index is 417. The summed E-state index contributed by atoms with van der Waals surface area (Å²) in [5, 5.41) is 3.62. The summed E-state index contributed by atoms with van der Waals surface area (Å²) in [6.07, 6.45) is 6.11. The lowest BCUT2D eigenvalue weighted by atomic mass is 9.87. The van der Waals surface area contributed by atoms with Gasteiger partial charge in [-0.2, -0.15) is 0 Å². The van der Waals surface area contributed by atoms with E-state index in [-0.39, 0.29) is 0 Å². The fourth-order valence-corrected chi connectivity index (χ4v) is 2.64. The van der Waals surface area contributed by atoms with Crippen LogP contribution in [-0.4, -0.2) is 20.3 Å². The van der Waals surface area contributed by atoms with Crippen molar-refractivity contribution in [2.45, 2.75) is 31.7 Å². The molecule has 1 atom stereocenters. The Morgan fingerprint density at radius 3 is 3.16 bits per heavy atom. The Balaban J connectivity index is 1.92. The van der Waals surface area contributed by atoms with Crippen molar-refractivity contribution >= 4 is 0 Å². The summed E-state index contributed by atoms with van der Waals surface area (Å²) >= 11 is 0. The van der Waals surface area contributed by atoms with E-state index >= 15 is 0 Å². The summed E-state index contributed by atoms with van der Waals surface area (Å²) in [6, 6.07) is 6.90. The number of aryl methyl sites for hydroxylation is 1. The normalized spacial score (nSPS) is 17.6. The quantitative estimate of drug-likeness (QED) is 0.604. The summed E-state index contributed by atoms with van der Waals surface area (Å²) in [4.78, 5) is 0. The predicted molar refractivity (Wildman–Crippen MR) is 77.4 cm³/mol. The van der Waals surface area contributed by atoms with Gasteiger partial charge in [-0.1, -0.05) is 12.6 Å². The van der Waals surface area contributed by atoms with E-state index in [9.17, 15) is 0 Å². The molecule has 104 valence electrons. The SMILES string of the molecule is C=COCCCNC1CCCc2cc(OC)ccc21. The fraction of sp³-hybridized carbons (Fsp3) is 0.500. The standard InChI is InChI=1S/C16H23NO2/c1-3-19-11-5-10-17-16-7-4-6-13-12-14(18-2)8-9-15(13)16/h3,8-9,12,16-17H,1,4-7,10-11H2,2H3. The van der Waals surface area contributed by atoms with Gasteiger partial charge in [-0.15, -0.1) is 0 Å². The third-order valence-electron chi connectivity index (χ3n) is 3.61. The number of rotatable bonds is 7. The minimum Gasteiger partial charge on any atom is -0.502 e. The van der Waals surface area contributed by atoms with Gasteiger partial charge in [-0.25, -0.2) is 0 Å². The molecule has 1 aliphatic carbocycles. The molecule has 1 N–H and O–H groups in total. The van der Waals surface area contributed by atoms with Gasteiger partial charge in [0.2, 0.25) is 0 Å². The highest BCUT2D eigenvalue weighted by Crippen LogP contribution is 2.32. The van der Waals surface area contributed by atoms with Crippen LogP contribution in [0.1, 0.15) is 36.4 Å². The van der Waals surface area contributed by atoms with Gasteiger partial charge in [0.05, 0.1) is 20.0 Å². The number of hydrogen-bond acceptors (Lipinski definition) is 3. The molecule has 0 saturated carbocycles. The molecule has 2 rings (SSSR count). The van der Waals surface area contributed by atoms with E-state index in [2.05, 4.69) is 30.1 Å². The van der Waals surface area contributed by atoms with E-state index < -0.39 is 0 Å². The van der Waals surface area contributed by atoms with Gasteiger partial charge in [0, 0.05) is 6.04 Å². The summed E-state index contributed by atoms with van der Waals surface area (Å²) < 4.78 is 10.4. The molecule has 0 heterocycles. The highest BCUT2D eigenvalue weighted by molar-refractivity contribution is 5.39. The lowest BCUT2D eigenvalue weighted by Gasteiger charge is -2.27. The van der Waals surface area contributed by atoms with Crippen LogP contribution in [0.2, 0.25) is 0 Å². The molecule has 3 heteroatoms. The van der Waals surface area contributed by atoms with Gasteiger partial charge in [-0.3, -0.25) is 0 Å². The number of methoxy groups -OCH3 is 1. The monoisotopic (exact) mass is 261 g/mol. The molecular formula is C16H23NO2. The Morgan fingerprint density at radius 1 is 1.47 bits per heavy atom. The zero-order chi connectivity index (χ0) is 13.5. The van der Waals surface area contributed by atoms with Crippen molar-refractivity contribution in [2.75, 3.05) is 20.3 Å². The van der Waals surface area contributed by atoms with Gasteiger partial charge in [0.15, 0.2) is 0 Å². The average Bonchev–Trinajstić information content (AvgIpc) is 2.46. The number of hydrogen-bond donors (Lipinski definition) is 1. The molecule has 0 bridgehead atoms. The lowest BCUT2D eigenvalue weighted by Crippen LogP contribution is -2.26. The maximum atomic E-state index is 5.29. The molecule has 1 aromatic carbocycles. The van der Waals surface area contributed by atoms with Crippen LogP contribution < -0.4 is 10.1 Å². The molecule has 0 amide bonds. The van der Waals surface area contributed by atoms with E-state index in [1.165, 1.54) is 30.2 Å². The second-order valence-electron chi connectivity index (χ2n) is 4.85. The lowest BCUT2D eigenvalue weighted by molar-refractivity contribution is 0.242. The molecular weight excluding hydrogens is 238 g/mol. The highest BCUT2D eigenvalue weighted by atomic mass is 16.5. The van der Waals surface area contributed by atoms with Gasteiger partial charge < -0.3 is 14.8 Å². The smallest absolute Gasteiger partial charge is 0.119 e. The van der Waals surface area contributed by atoms with Crippen LogP contribution in [-0.2, 0) is 11.2 Å². The van der Waals surface area contributed by atoms with Gasteiger partial charge in [0.25, 0.3) is 0 Å². The van der Waals surface area contributed by atoms with Crippen LogP contribution in [0.15, 0.2) is 31.0 Å². The van der Waals surface area contributed by atoms with Crippen molar-refractivity contribution in [2.24, 2.45) is 0 Å². The maximum absolute atomic E-state index is 5.29. The number of fused-ring (bicyclic) bond motifs is 1. The largest absolute Gasteiger partial charge is 0.502 e. The summed E-state index contributed by atoms with van der Waals surface area (Å²) in [5.41, 5.74) is 2.85. The molecule has 1 unspecified atom stereocenters.